The smallest absolute Gasteiger partial charge is 0.257 e. The van der Waals surface area contributed by atoms with E-state index < -0.39 is 0 Å². The van der Waals surface area contributed by atoms with Gasteiger partial charge >= 0.3 is 0 Å². The lowest BCUT2D eigenvalue weighted by Gasteiger charge is -2.16. The van der Waals surface area contributed by atoms with Crippen LogP contribution in [0.15, 0.2) is 59.5 Å². The Balaban J connectivity index is 1.74. The number of amides is 1. The summed E-state index contributed by atoms with van der Waals surface area (Å²) in [5.74, 6) is -0.323. The summed E-state index contributed by atoms with van der Waals surface area (Å²) in [5.41, 5.74) is 3.16. The molecule has 126 valence electrons. The normalized spacial score (nSPS) is 16.8. The lowest BCUT2D eigenvalue weighted by atomic mass is 10.1. The summed E-state index contributed by atoms with van der Waals surface area (Å²) in [6.07, 6.45) is 2.61. The van der Waals surface area contributed by atoms with E-state index >= 15 is 0 Å². The molecule has 1 aliphatic rings. The number of rotatable bonds is 3. The molecule has 1 amide bonds. The fourth-order valence-electron chi connectivity index (χ4n) is 3.68. The van der Waals surface area contributed by atoms with Crippen molar-refractivity contribution in [2.24, 2.45) is 0 Å². The van der Waals surface area contributed by atoms with E-state index in [-0.39, 0.29) is 29.0 Å². The molecular formula is C21H20N2O2. The molecule has 2 atom stereocenters. The zero-order valence-electron chi connectivity index (χ0n) is 14.3. The first-order valence-electron chi connectivity index (χ1n) is 8.59. The average Bonchev–Trinajstić information content (AvgIpc) is 2.95. The van der Waals surface area contributed by atoms with Crippen molar-refractivity contribution in [1.29, 1.82) is 0 Å². The summed E-state index contributed by atoms with van der Waals surface area (Å²) in [5, 5.41) is 3.58. The molecule has 0 spiro atoms. The van der Waals surface area contributed by atoms with Crippen LogP contribution in [0.5, 0.6) is 0 Å². The Morgan fingerprint density at radius 3 is 2.68 bits per heavy atom. The van der Waals surface area contributed by atoms with Gasteiger partial charge in [-0.2, -0.15) is 0 Å². The minimum absolute atomic E-state index is 0.161. The van der Waals surface area contributed by atoms with Crippen LogP contribution in [-0.4, -0.2) is 10.5 Å². The van der Waals surface area contributed by atoms with E-state index in [1.54, 1.807) is 6.20 Å². The molecule has 0 fully saturated rings. The Bertz CT molecular complexity index is 1020. The second-order valence-corrected chi connectivity index (χ2v) is 6.75. The number of hydrogen-bond acceptors (Lipinski definition) is 2. The fourth-order valence-corrected chi connectivity index (χ4v) is 3.68. The molecule has 4 rings (SSSR count). The fraction of sp³-hybridized carbons (Fsp3) is 0.238. The topological polar surface area (TPSA) is 51.1 Å². The molecular weight excluding hydrogens is 312 g/mol. The number of nitrogens with one attached hydrogen (secondary N) is 1. The summed E-state index contributed by atoms with van der Waals surface area (Å²) in [4.78, 5) is 25.6. The monoisotopic (exact) mass is 332 g/mol. The predicted octanol–water partition coefficient (Wildman–Crippen LogP) is 3.61. The first-order valence-corrected chi connectivity index (χ1v) is 8.59. The van der Waals surface area contributed by atoms with Crippen LogP contribution < -0.4 is 10.7 Å². The molecule has 4 heteroatoms. The van der Waals surface area contributed by atoms with Gasteiger partial charge in [0.1, 0.15) is 5.56 Å². The number of para-hydroxylation sites is 1. The van der Waals surface area contributed by atoms with Gasteiger partial charge in [-0.15, -0.1) is 0 Å². The zero-order chi connectivity index (χ0) is 17.6. The first-order chi connectivity index (χ1) is 12.1. The van der Waals surface area contributed by atoms with Gasteiger partial charge in [-0.1, -0.05) is 42.5 Å². The van der Waals surface area contributed by atoms with Crippen LogP contribution >= 0.6 is 0 Å². The molecule has 1 aliphatic heterocycles. The van der Waals surface area contributed by atoms with E-state index in [2.05, 4.69) is 22.9 Å². The Hall–Kier alpha value is -2.88. The van der Waals surface area contributed by atoms with Crippen LogP contribution in [-0.2, 0) is 6.42 Å². The second kappa shape index (κ2) is 5.88. The lowest BCUT2D eigenvalue weighted by Crippen LogP contribution is -2.31. The van der Waals surface area contributed by atoms with E-state index in [0.717, 1.165) is 17.5 Å². The Morgan fingerprint density at radius 2 is 1.92 bits per heavy atom. The predicted molar refractivity (Wildman–Crippen MR) is 98.9 cm³/mol. The molecule has 0 unspecified atom stereocenters. The van der Waals surface area contributed by atoms with Crippen LogP contribution in [0, 0.1) is 0 Å². The lowest BCUT2D eigenvalue weighted by molar-refractivity contribution is 0.0938. The number of carbonyl (C=O) groups excluding carboxylic acids is 1. The van der Waals surface area contributed by atoms with Crippen LogP contribution in [0.1, 0.15) is 47.4 Å². The van der Waals surface area contributed by atoms with E-state index in [1.807, 2.05) is 49.4 Å². The van der Waals surface area contributed by atoms with Gasteiger partial charge in [-0.3, -0.25) is 9.59 Å². The van der Waals surface area contributed by atoms with Crippen LogP contribution in [0.4, 0.5) is 0 Å². The van der Waals surface area contributed by atoms with Gasteiger partial charge in [0.2, 0.25) is 5.43 Å². The molecule has 0 bridgehead atoms. The van der Waals surface area contributed by atoms with Gasteiger partial charge in [0.25, 0.3) is 5.91 Å². The highest BCUT2D eigenvalue weighted by molar-refractivity contribution is 5.98. The third-order valence-corrected chi connectivity index (χ3v) is 5.02. The molecule has 0 radical (unpaired) electrons. The highest BCUT2D eigenvalue weighted by Gasteiger charge is 2.24. The van der Waals surface area contributed by atoms with Crippen LogP contribution in [0.2, 0.25) is 0 Å². The van der Waals surface area contributed by atoms with E-state index in [0.29, 0.717) is 5.39 Å². The number of benzene rings is 2. The maximum Gasteiger partial charge on any atom is 0.257 e. The maximum absolute atomic E-state index is 12.9. The molecule has 2 aromatic carbocycles. The second-order valence-electron chi connectivity index (χ2n) is 6.75. The highest BCUT2D eigenvalue weighted by Crippen LogP contribution is 2.30. The minimum atomic E-state index is -0.323. The van der Waals surface area contributed by atoms with Gasteiger partial charge in [0.15, 0.2) is 0 Å². The number of hydrogen-bond donors (Lipinski definition) is 1. The third kappa shape index (κ3) is 2.54. The van der Waals surface area contributed by atoms with Gasteiger partial charge in [0, 0.05) is 17.6 Å². The van der Waals surface area contributed by atoms with Crippen LogP contribution in [0.3, 0.4) is 0 Å². The van der Waals surface area contributed by atoms with Crippen LogP contribution in [0.25, 0.3) is 10.9 Å². The average molecular weight is 332 g/mol. The van der Waals surface area contributed by atoms with Crippen molar-refractivity contribution in [3.8, 4) is 0 Å². The molecule has 1 N–H and O–H groups in total. The summed E-state index contributed by atoms with van der Waals surface area (Å²) in [6, 6.07) is 15.6. The molecule has 0 saturated heterocycles. The minimum Gasteiger partial charge on any atom is -0.345 e. The largest absolute Gasteiger partial charge is 0.345 e. The van der Waals surface area contributed by atoms with Gasteiger partial charge < -0.3 is 9.88 Å². The van der Waals surface area contributed by atoms with Crippen molar-refractivity contribution >= 4 is 16.8 Å². The summed E-state index contributed by atoms with van der Waals surface area (Å²) >= 11 is 0. The summed E-state index contributed by atoms with van der Waals surface area (Å²) in [7, 11) is 0. The number of carbonyl (C=O) groups is 1. The molecule has 1 aromatic heterocycles. The molecule has 2 heterocycles. The molecule has 0 aliphatic carbocycles. The third-order valence-electron chi connectivity index (χ3n) is 5.02. The Morgan fingerprint density at radius 1 is 1.16 bits per heavy atom. The number of nitrogens with zero attached hydrogens (tertiary/aromatic N) is 1. The Labute approximate surface area is 146 Å². The molecule has 4 nitrogen and oxygen atoms in total. The molecule has 3 aromatic rings. The first kappa shape index (κ1) is 15.6. The van der Waals surface area contributed by atoms with Gasteiger partial charge in [-0.25, -0.2) is 0 Å². The van der Waals surface area contributed by atoms with Gasteiger partial charge in [-0.05, 0) is 37.5 Å². The van der Waals surface area contributed by atoms with E-state index in [4.69, 9.17) is 0 Å². The highest BCUT2D eigenvalue weighted by atomic mass is 16.2. The molecule has 0 saturated carbocycles. The number of pyridine rings is 1. The van der Waals surface area contributed by atoms with Crippen molar-refractivity contribution in [3.63, 3.8) is 0 Å². The standard InChI is InChI=1S/C21H20N2O2/c1-13-11-16-9-6-10-17-19(16)23(13)12-18(20(17)24)21(25)22-14(2)15-7-4-3-5-8-15/h3-10,12-14H,11H2,1-2H3,(H,22,25)/t13-,14-/m0/s1. The SMILES string of the molecule is C[C@H](NC(=O)c1cn2c3c(cccc3c1=O)C[C@@H]2C)c1ccccc1. The number of aromatic nitrogens is 1. The van der Waals surface area contributed by atoms with Crippen molar-refractivity contribution in [1.82, 2.24) is 9.88 Å². The Kier molecular flexibility index (Phi) is 3.68. The van der Waals surface area contributed by atoms with Crippen molar-refractivity contribution in [2.75, 3.05) is 0 Å². The van der Waals surface area contributed by atoms with Crippen molar-refractivity contribution in [2.45, 2.75) is 32.4 Å². The van der Waals surface area contributed by atoms with E-state index in [1.165, 1.54) is 5.56 Å². The van der Waals surface area contributed by atoms with Crippen molar-refractivity contribution < 1.29 is 4.79 Å². The van der Waals surface area contributed by atoms with Crippen molar-refractivity contribution in [3.05, 3.63) is 81.6 Å². The maximum atomic E-state index is 12.9. The quantitative estimate of drug-likeness (QED) is 0.796. The summed E-state index contributed by atoms with van der Waals surface area (Å²) in [6.45, 7) is 4.03. The van der Waals surface area contributed by atoms with Gasteiger partial charge in [0.05, 0.1) is 11.6 Å². The summed E-state index contributed by atoms with van der Waals surface area (Å²) < 4.78 is 2.06. The molecule has 25 heavy (non-hydrogen) atoms. The zero-order valence-corrected chi connectivity index (χ0v) is 14.3. The van der Waals surface area contributed by atoms with E-state index in [9.17, 15) is 9.59 Å².